The largest absolute Gasteiger partial charge is 0.462 e. The predicted molar refractivity (Wildman–Crippen MR) is 99.9 cm³/mol. The topological polar surface area (TPSA) is 127 Å². The number of anilines is 1. The molecule has 1 fully saturated rings. The second kappa shape index (κ2) is 7.33. The van der Waals surface area contributed by atoms with Gasteiger partial charge in [0.15, 0.2) is 0 Å². The predicted octanol–water partition coefficient (Wildman–Crippen LogP) is 1.33. The van der Waals surface area contributed by atoms with Gasteiger partial charge in [-0.3, -0.25) is 4.90 Å². The highest BCUT2D eigenvalue weighted by Gasteiger charge is 2.44. The van der Waals surface area contributed by atoms with E-state index in [-0.39, 0.29) is 24.0 Å². The molecule has 26 heavy (non-hydrogen) atoms. The molecule has 5 N–H and O–H groups in total. The van der Waals surface area contributed by atoms with Gasteiger partial charge >= 0.3 is 5.97 Å². The maximum Gasteiger partial charge on any atom is 0.338 e. The van der Waals surface area contributed by atoms with E-state index < -0.39 is 5.66 Å². The number of carbonyl (C=O) groups excluding carboxylic acids is 1. The summed E-state index contributed by atoms with van der Waals surface area (Å²) in [4.78, 5) is 22.7. The highest BCUT2D eigenvalue weighted by atomic mass is 16.5. The van der Waals surface area contributed by atoms with Gasteiger partial charge < -0.3 is 21.3 Å². The van der Waals surface area contributed by atoms with Crippen molar-refractivity contribution in [1.29, 1.82) is 0 Å². The number of aliphatic imine (C=N–C) groups is 2. The van der Waals surface area contributed by atoms with Gasteiger partial charge in [-0.25, -0.2) is 9.79 Å². The molecule has 0 atom stereocenters. The van der Waals surface area contributed by atoms with Crippen LogP contribution in [-0.2, 0) is 4.74 Å². The average molecular weight is 359 g/mol. The van der Waals surface area contributed by atoms with Crippen molar-refractivity contribution in [3.63, 3.8) is 0 Å². The molecule has 1 aromatic rings. The lowest BCUT2D eigenvalue weighted by Gasteiger charge is -2.46. The zero-order chi connectivity index (χ0) is 18.7. The summed E-state index contributed by atoms with van der Waals surface area (Å²) in [7, 11) is 0. The van der Waals surface area contributed by atoms with Crippen molar-refractivity contribution in [3.8, 4) is 0 Å². The first-order chi connectivity index (χ1) is 12.4. The number of nitrogens with zero attached hydrogens (tertiary/aromatic N) is 3. The van der Waals surface area contributed by atoms with Crippen LogP contribution in [0.15, 0.2) is 34.3 Å². The van der Waals surface area contributed by atoms with Crippen molar-refractivity contribution in [2.24, 2.45) is 21.5 Å². The van der Waals surface area contributed by atoms with Crippen LogP contribution >= 0.6 is 0 Å². The minimum absolute atomic E-state index is 0.133. The normalized spacial score (nSPS) is 25.6. The van der Waals surface area contributed by atoms with Crippen LogP contribution in [0, 0.1) is 0 Å². The monoisotopic (exact) mass is 359 g/mol. The Morgan fingerprint density at radius 3 is 2.81 bits per heavy atom. The molecule has 0 amide bonds. The molecule has 0 saturated heterocycles. The third-order valence-corrected chi connectivity index (χ3v) is 4.73. The molecule has 0 unspecified atom stereocenters. The third-order valence-electron chi connectivity index (χ3n) is 4.73. The Balaban J connectivity index is 1.95. The lowest BCUT2D eigenvalue weighted by Crippen LogP contribution is -2.59. The molecule has 8 heteroatoms. The number of ether oxygens (including phenoxy) is 1. The third kappa shape index (κ3) is 3.50. The Morgan fingerprint density at radius 1 is 1.38 bits per heavy atom. The number of benzene rings is 1. The number of aliphatic hydroxyl groups is 1. The summed E-state index contributed by atoms with van der Waals surface area (Å²) in [5.74, 6) is -0.0148. The zero-order valence-corrected chi connectivity index (χ0v) is 14.9. The Bertz CT molecular complexity index is 738. The van der Waals surface area contributed by atoms with Crippen LogP contribution in [0.5, 0.6) is 0 Å². The Hall–Kier alpha value is -2.61. The number of guanidine groups is 2. The molecule has 1 aliphatic carbocycles. The highest BCUT2D eigenvalue weighted by molar-refractivity contribution is 6.06. The van der Waals surface area contributed by atoms with Crippen molar-refractivity contribution in [2.45, 2.75) is 50.8 Å². The first-order valence-corrected chi connectivity index (χ1v) is 8.90. The zero-order valence-electron chi connectivity index (χ0n) is 14.9. The smallest absolute Gasteiger partial charge is 0.338 e. The number of hydrogen-bond acceptors (Lipinski definition) is 8. The number of esters is 1. The van der Waals surface area contributed by atoms with Crippen molar-refractivity contribution < 1.29 is 14.6 Å². The minimum Gasteiger partial charge on any atom is -0.462 e. The average Bonchev–Trinajstić information content (AvgIpc) is 2.62. The fourth-order valence-electron chi connectivity index (χ4n) is 3.49. The van der Waals surface area contributed by atoms with Crippen molar-refractivity contribution in [2.75, 3.05) is 11.5 Å². The second-order valence-electron chi connectivity index (χ2n) is 6.68. The molecule has 1 spiro atoms. The summed E-state index contributed by atoms with van der Waals surface area (Å²) in [5.41, 5.74) is 12.5. The van der Waals surface area contributed by atoms with Crippen LogP contribution in [0.4, 0.5) is 5.69 Å². The number of nitrogens with two attached hydrogens (primary N) is 2. The molecular weight excluding hydrogens is 334 g/mol. The molecule has 2 aliphatic rings. The summed E-state index contributed by atoms with van der Waals surface area (Å²) in [6, 6.07) is 7.05. The van der Waals surface area contributed by atoms with Gasteiger partial charge in [0.05, 0.1) is 18.3 Å². The number of aliphatic hydroxyl groups excluding tert-OH is 1. The fourth-order valence-corrected chi connectivity index (χ4v) is 3.49. The highest BCUT2D eigenvalue weighted by Crippen LogP contribution is 2.39. The molecule has 1 heterocycles. The minimum atomic E-state index is -0.693. The van der Waals surface area contributed by atoms with Gasteiger partial charge in [-0.15, -0.1) is 0 Å². The van der Waals surface area contributed by atoms with E-state index in [9.17, 15) is 9.90 Å². The molecule has 1 aromatic carbocycles. The number of carbonyl (C=O) groups is 1. The molecule has 3 rings (SSSR count). The van der Waals surface area contributed by atoms with E-state index in [2.05, 4.69) is 9.98 Å². The van der Waals surface area contributed by atoms with Gasteiger partial charge in [0.1, 0.15) is 5.66 Å². The van der Waals surface area contributed by atoms with E-state index >= 15 is 0 Å². The molecule has 1 saturated carbocycles. The van der Waals surface area contributed by atoms with E-state index in [0.717, 1.165) is 6.42 Å². The standard InChI is InChI=1S/C18H25N5O3/c1-2-10-26-15(25)12-4-3-5-13(11-12)23-17(20)21-16(19)22-18(23)8-6-14(24)7-9-18/h3-5,11,14,24H,2,6-10H2,1H3,(H4,19,20,21,22). The van der Waals surface area contributed by atoms with Gasteiger partial charge in [-0.1, -0.05) is 13.0 Å². The molecule has 1 aliphatic heterocycles. The van der Waals surface area contributed by atoms with Crippen LogP contribution in [0.2, 0.25) is 0 Å². The first kappa shape index (κ1) is 18.2. The molecule has 0 bridgehead atoms. The lowest BCUT2D eigenvalue weighted by molar-refractivity contribution is 0.0505. The Labute approximate surface area is 152 Å². The molecule has 8 nitrogen and oxygen atoms in total. The van der Waals surface area contributed by atoms with Crippen LogP contribution in [0.25, 0.3) is 0 Å². The van der Waals surface area contributed by atoms with Gasteiger partial charge in [0.25, 0.3) is 0 Å². The van der Waals surface area contributed by atoms with Gasteiger partial charge in [-0.2, -0.15) is 4.99 Å². The van der Waals surface area contributed by atoms with Crippen molar-refractivity contribution >= 4 is 23.6 Å². The molecular formula is C18H25N5O3. The maximum absolute atomic E-state index is 12.2. The fraction of sp³-hybridized carbons (Fsp3) is 0.500. The van der Waals surface area contributed by atoms with E-state index in [1.165, 1.54) is 0 Å². The number of hydrogen-bond donors (Lipinski definition) is 3. The van der Waals surface area contributed by atoms with E-state index in [1.807, 2.05) is 17.9 Å². The van der Waals surface area contributed by atoms with Crippen LogP contribution < -0.4 is 16.4 Å². The van der Waals surface area contributed by atoms with Crippen LogP contribution in [0.1, 0.15) is 49.4 Å². The quantitative estimate of drug-likeness (QED) is 0.696. The molecule has 0 aromatic heterocycles. The van der Waals surface area contributed by atoms with Crippen LogP contribution in [-0.4, -0.2) is 41.4 Å². The van der Waals surface area contributed by atoms with Crippen LogP contribution in [0.3, 0.4) is 0 Å². The maximum atomic E-state index is 12.2. The summed E-state index contributed by atoms with van der Waals surface area (Å²) < 4.78 is 5.21. The van der Waals surface area contributed by atoms with Gasteiger partial charge in [0, 0.05) is 5.69 Å². The van der Waals surface area contributed by atoms with E-state index in [0.29, 0.717) is 43.5 Å². The van der Waals surface area contributed by atoms with Crippen molar-refractivity contribution in [1.82, 2.24) is 0 Å². The number of rotatable bonds is 4. The summed E-state index contributed by atoms with van der Waals surface area (Å²) >= 11 is 0. The van der Waals surface area contributed by atoms with E-state index in [4.69, 9.17) is 16.2 Å². The van der Waals surface area contributed by atoms with E-state index in [1.54, 1.807) is 18.2 Å². The summed E-state index contributed by atoms with van der Waals surface area (Å²) in [5, 5.41) is 9.89. The van der Waals surface area contributed by atoms with Crippen molar-refractivity contribution in [3.05, 3.63) is 29.8 Å². The summed E-state index contributed by atoms with van der Waals surface area (Å²) in [6.07, 6.45) is 2.79. The molecule has 140 valence electrons. The molecule has 0 radical (unpaired) electrons. The lowest BCUT2D eigenvalue weighted by atomic mass is 9.85. The first-order valence-electron chi connectivity index (χ1n) is 8.90. The van der Waals surface area contributed by atoms with Gasteiger partial charge in [-0.05, 0) is 50.3 Å². The second-order valence-corrected chi connectivity index (χ2v) is 6.68. The SMILES string of the molecule is CCCOC(=O)c1cccc(N2C(N)=NC(N)=NC23CCC(O)CC3)c1. The van der Waals surface area contributed by atoms with Gasteiger partial charge in [0.2, 0.25) is 11.9 Å². The Kier molecular flexibility index (Phi) is 5.13. The summed E-state index contributed by atoms with van der Waals surface area (Å²) in [6.45, 7) is 2.32. The Morgan fingerprint density at radius 2 is 2.12 bits per heavy atom.